The van der Waals surface area contributed by atoms with E-state index in [-0.39, 0.29) is 0 Å². The molecule has 1 heterocycles. The second-order valence-corrected chi connectivity index (χ2v) is 4.09. The van der Waals surface area contributed by atoms with Crippen LogP contribution < -0.4 is 5.32 Å². The zero-order valence-corrected chi connectivity index (χ0v) is 9.68. The van der Waals surface area contributed by atoms with Gasteiger partial charge < -0.3 is 5.32 Å². The molecule has 1 aromatic rings. The molecule has 1 N–H and O–H groups in total. The van der Waals surface area contributed by atoms with Crippen LogP contribution in [0.3, 0.4) is 0 Å². The van der Waals surface area contributed by atoms with Gasteiger partial charge in [0, 0.05) is 7.05 Å². The highest BCUT2D eigenvalue weighted by Crippen LogP contribution is 2.18. The zero-order chi connectivity index (χ0) is 10.7. The molecule has 0 amide bonds. The Hall–Kier alpha value is -1.12. The smallest absolute Gasteiger partial charge is 0.151 e. The number of nitrogens with zero attached hydrogens (tertiary/aromatic N) is 2. The van der Waals surface area contributed by atoms with E-state index in [4.69, 9.17) is 0 Å². The Labute approximate surface area is 85.9 Å². The molecule has 0 radical (unpaired) electrons. The molecule has 0 spiro atoms. The standard InChI is InChI=1S/C11H19N3/c1-7(2)6-10-8(3)9(4)11(12-5)14-13-10/h7H,6H2,1-5H3,(H,12,14). The van der Waals surface area contributed by atoms with Gasteiger partial charge in [-0.3, -0.25) is 0 Å². The van der Waals surface area contributed by atoms with Crippen LogP contribution in [0.1, 0.15) is 30.7 Å². The van der Waals surface area contributed by atoms with Gasteiger partial charge in [0.1, 0.15) is 0 Å². The minimum absolute atomic E-state index is 0.628. The van der Waals surface area contributed by atoms with Crippen molar-refractivity contribution >= 4 is 5.82 Å². The molecule has 0 aliphatic heterocycles. The van der Waals surface area contributed by atoms with Gasteiger partial charge in [-0.25, -0.2) is 0 Å². The maximum atomic E-state index is 4.24. The summed E-state index contributed by atoms with van der Waals surface area (Å²) in [5.74, 6) is 1.51. The Morgan fingerprint density at radius 1 is 1.14 bits per heavy atom. The van der Waals surface area contributed by atoms with Crippen LogP contribution in [0.5, 0.6) is 0 Å². The lowest BCUT2D eigenvalue weighted by molar-refractivity contribution is 0.624. The maximum Gasteiger partial charge on any atom is 0.151 e. The summed E-state index contributed by atoms with van der Waals surface area (Å²) >= 11 is 0. The predicted molar refractivity (Wildman–Crippen MR) is 59.6 cm³/mol. The highest BCUT2D eigenvalue weighted by molar-refractivity contribution is 5.46. The highest BCUT2D eigenvalue weighted by atomic mass is 15.2. The van der Waals surface area contributed by atoms with E-state index in [9.17, 15) is 0 Å². The monoisotopic (exact) mass is 193 g/mol. The average Bonchev–Trinajstić information content (AvgIpc) is 2.13. The predicted octanol–water partition coefficient (Wildman–Crippen LogP) is 2.33. The molecule has 0 aliphatic carbocycles. The fourth-order valence-corrected chi connectivity index (χ4v) is 1.47. The molecule has 3 heteroatoms. The van der Waals surface area contributed by atoms with Crippen LogP contribution in [0, 0.1) is 19.8 Å². The topological polar surface area (TPSA) is 37.8 Å². The molecule has 0 unspecified atom stereocenters. The molecule has 0 saturated carbocycles. The summed E-state index contributed by atoms with van der Waals surface area (Å²) in [5.41, 5.74) is 3.59. The summed E-state index contributed by atoms with van der Waals surface area (Å²) in [7, 11) is 1.87. The van der Waals surface area contributed by atoms with E-state index < -0.39 is 0 Å². The Bertz CT molecular complexity index is 319. The van der Waals surface area contributed by atoms with Crippen molar-refractivity contribution in [1.29, 1.82) is 0 Å². The van der Waals surface area contributed by atoms with Gasteiger partial charge in [0.25, 0.3) is 0 Å². The lowest BCUT2D eigenvalue weighted by Crippen LogP contribution is -2.07. The number of hydrogen-bond donors (Lipinski definition) is 1. The van der Waals surface area contributed by atoms with Gasteiger partial charge in [-0.2, -0.15) is 5.10 Å². The van der Waals surface area contributed by atoms with E-state index in [2.05, 4.69) is 43.2 Å². The summed E-state index contributed by atoms with van der Waals surface area (Å²) < 4.78 is 0. The van der Waals surface area contributed by atoms with E-state index in [0.717, 1.165) is 17.9 Å². The molecule has 1 rings (SSSR count). The molecule has 0 bridgehead atoms. The summed E-state index contributed by atoms with van der Waals surface area (Å²) in [6.45, 7) is 8.59. The first-order valence-corrected chi connectivity index (χ1v) is 5.06. The van der Waals surface area contributed by atoms with E-state index >= 15 is 0 Å². The SMILES string of the molecule is CNc1nnc(CC(C)C)c(C)c1C. The molecular weight excluding hydrogens is 174 g/mol. The van der Waals surface area contributed by atoms with E-state index in [1.165, 1.54) is 11.1 Å². The van der Waals surface area contributed by atoms with E-state index in [0.29, 0.717) is 5.92 Å². The van der Waals surface area contributed by atoms with Crippen LogP contribution in [0.2, 0.25) is 0 Å². The first kappa shape index (κ1) is 11.0. The zero-order valence-electron chi connectivity index (χ0n) is 9.68. The fraction of sp³-hybridized carbons (Fsp3) is 0.636. The van der Waals surface area contributed by atoms with Crippen LogP contribution >= 0.6 is 0 Å². The summed E-state index contributed by atoms with van der Waals surface area (Å²) in [5, 5.41) is 11.4. The Balaban J connectivity index is 3.04. The van der Waals surface area contributed by atoms with E-state index in [1.807, 2.05) is 7.05 Å². The van der Waals surface area contributed by atoms with Gasteiger partial charge in [-0.05, 0) is 37.3 Å². The van der Waals surface area contributed by atoms with Crippen LogP contribution in [0.15, 0.2) is 0 Å². The molecular formula is C11H19N3. The number of anilines is 1. The van der Waals surface area contributed by atoms with Gasteiger partial charge in [-0.15, -0.1) is 5.10 Å². The van der Waals surface area contributed by atoms with Crippen LogP contribution in [0.25, 0.3) is 0 Å². The van der Waals surface area contributed by atoms with Crippen molar-refractivity contribution in [3.63, 3.8) is 0 Å². The van der Waals surface area contributed by atoms with Gasteiger partial charge in [0.2, 0.25) is 0 Å². The molecule has 0 aromatic carbocycles. The number of rotatable bonds is 3. The van der Waals surface area contributed by atoms with Crippen molar-refractivity contribution in [1.82, 2.24) is 10.2 Å². The molecule has 1 aromatic heterocycles. The second-order valence-electron chi connectivity index (χ2n) is 4.09. The quantitative estimate of drug-likeness (QED) is 0.800. The van der Waals surface area contributed by atoms with Crippen LogP contribution in [-0.2, 0) is 6.42 Å². The minimum Gasteiger partial charge on any atom is -0.371 e. The van der Waals surface area contributed by atoms with E-state index in [1.54, 1.807) is 0 Å². The van der Waals surface area contributed by atoms with Gasteiger partial charge in [-0.1, -0.05) is 13.8 Å². The molecule has 14 heavy (non-hydrogen) atoms. The molecule has 3 nitrogen and oxygen atoms in total. The van der Waals surface area contributed by atoms with Gasteiger partial charge in [0.05, 0.1) is 5.69 Å². The first-order chi connectivity index (χ1) is 6.56. The third-order valence-corrected chi connectivity index (χ3v) is 2.46. The highest BCUT2D eigenvalue weighted by Gasteiger charge is 2.09. The van der Waals surface area contributed by atoms with Crippen molar-refractivity contribution in [2.24, 2.45) is 5.92 Å². The van der Waals surface area contributed by atoms with Gasteiger partial charge >= 0.3 is 0 Å². The number of nitrogens with one attached hydrogen (secondary N) is 1. The van der Waals surface area contributed by atoms with Crippen LogP contribution in [-0.4, -0.2) is 17.2 Å². The van der Waals surface area contributed by atoms with Crippen molar-refractivity contribution in [2.75, 3.05) is 12.4 Å². The number of aromatic nitrogens is 2. The summed E-state index contributed by atoms with van der Waals surface area (Å²) in [6, 6.07) is 0. The van der Waals surface area contributed by atoms with Crippen molar-refractivity contribution in [3.05, 3.63) is 16.8 Å². The van der Waals surface area contributed by atoms with Crippen molar-refractivity contribution in [2.45, 2.75) is 34.1 Å². The normalized spacial score (nSPS) is 10.7. The lowest BCUT2D eigenvalue weighted by Gasteiger charge is -2.11. The third-order valence-electron chi connectivity index (χ3n) is 2.46. The second kappa shape index (κ2) is 4.40. The van der Waals surface area contributed by atoms with Gasteiger partial charge in [0.15, 0.2) is 5.82 Å². The summed E-state index contributed by atoms with van der Waals surface area (Å²) in [6.07, 6.45) is 1.00. The van der Waals surface area contributed by atoms with Crippen molar-refractivity contribution in [3.8, 4) is 0 Å². The molecule has 0 saturated heterocycles. The lowest BCUT2D eigenvalue weighted by atomic mass is 10.0. The maximum absolute atomic E-state index is 4.24. The Kier molecular flexibility index (Phi) is 3.44. The number of hydrogen-bond acceptors (Lipinski definition) is 3. The third kappa shape index (κ3) is 2.22. The average molecular weight is 193 g/mol. The molecule has 0 fully saturated rings. The fourth-order valence-electron chi connectivity index (χ4n) is 1.47. The molecule has 78 valence electrons. The Morgan fingerprint density at radius 3 is 2.29 bits per heavy atom. The minimum atomic E-state index is 0.628. The largest absolute Gasteiger partial charge is 0.371 e. The Morgan fingerprint density at radius 2 is 1.79 bits per heavy atom. The summed E-state index contributed by atoms with van der Waals surface area (Å²) in [4.78, 5) is 0. The van der Waals surface area contributed by atoms with Crippen molar-refractivity contribution < 1.29 is 0 Å². The van der Waals surface area contributed by atoms with Crippen LogP contribution in [0.4, 0.5) is 5.82 Å². The molecule has 0 atom stereocenters. The first-order valence-electron chi connectivity index (χ1n) is 5.06. The molecule has 0 aliphatic rings.